The van der Waals surface area contributed by atoms with Crippen molar-refractivity contribution in [3.63, 3.8) is 0 Å². The molecule has 1 heterocycles. The number of carbonyl (C=O) groups is 2. The number of hydrogen-bond donors (Lipinski definition) is 0. The van der Waals surface area contributed by atoms with Gasteiger partial charge in [0.1, 0.15) is 6.10 Å². The van der Waals surface area contributed by atoms with Gasteiger partial charge in [-0.05, 0) is 19.4 Å². The molecule has 0 radical (unpaired) electrons. The Morgan fingerprint density at radius 3 is 2.43 bits per heavy atom. The fourth-order valence-corrected chi connectivity index (χ4v) is 2.90. The number of methoxy groups -OCH3 is 1. The van der Waals surface area contributed by atoms with Crippen molar-refractivity contribution in [2.45, 2.75) is 43.8 Å². The van der Waals surface area contributed by atoms with E-state index in [1.54, 1.807) is 19.1 Å². The Morgan fingerprint density at radius 1 is 1.25 bits per heavy atom. The Kier molecular flexibility index (Phi) is 7.01. The summed E-state index contributed by atoms with van der Waals surface area (Å²) in [5.41, 5.74) is -3.71. The van der Waals surface area contributed by atoms with Crippen molar-refractivity contribution in [2.75, 3.05) is 7.11 Å². The summed E-state index contributed by atoms with van der Waals surface area (Å²) in [6.45, 7) is 1.75. The Balaban J connectivity index is 2.40. The number of allylic oxidation sites excluding steroid dienone is 3. The van der Waals surface area contributed by atoms with Crippen molar-refractivity contribution >= 4 is 11.9 Å². The van der Waals surface area contributed by atoms with Crippen LogP contribution in [0.3, 0.4) is 0 Å². The van der Waals surface area contributed by atoms with Gasteiger partial charge in [0.2, 0.25) is 0 Å². The molecule has 1 saturated heterocycles. The molecule has 0 bridgehead atoms. The minimum atomic E-state index is -5.08. The molecule has 28 heavy (non-hydrogen) atoms. The van der Waals surface area contributed by atoms with Crippen LogP contribution in [0.2, 0.25) is 0 Å². The third kappa shape index (κ3) is 4.44. The number of alkyl halides is 3. The molecular formula is C20H21F3O5. The third-order valence-electron chi connectivity index (χ3n) is 4.30. The highest BCUT2D eigenvalue weighted by Crippen LogP contribution is 2.43. The summed E-state index contributed by atoms with van der Waals surface area (Å²) >= 11 is 0. The first-order valence-corrected chi connectivity index (χ1v) is 8.63. The largest absolute Gasteiger partial charge is 0.458 e. The lowest BCUT2D eigenvalue weighted by molar-refractivity contribution is -0.278. The van der Waals surface area contributed by atoms with Crippen molar-refractivity contribution in [3.05, 3.63) is 60.2 Å². The zero-order valence-corrected chi connectivity index (χ0v) is 15.4. The van der Waals surface area contributed by atoms with Crippen LogP contribution in [-0.2, 0) is 29.4 Å². The first kappa shape index (κ1) is 21.7. The summed E-state index contributed by atoms with van der Waals surface area (Å²) in [7, 11) is 0.794. The minimum absolute atomic E-state index is 0.101. The van der Waals surface area contributed by atoms with E-state index in [0.717, 1.165) is 19.2 Å². The standard InChI is InChI=1S/C20H21F3O5/c1-3-4-6-11-15(16-12-13-17(24)27-16)28-18(25)19(26-2,20(21,22)23)14-9-7-5-8-10-14/h3-11,15-16H,12-13H2,1-2H3/b4-3+,11-6-/t15-,16+,19-/m0/s1. The minimum Gasteiger partial charge on any atom is -0.458 e. The van der Waals surface area contributed by atoms with Gasteiger partial charge in [-0.3, -0.25) is 4.79 Å². The number of hydrogen-bond acceptors (Lipinski definition) is 5. The Bertz CT molecular complexity index is 742. The Morgan fingerprint density at radius 2 is 1.93 bits per heavy atom. The van der Waals surface area contributed by atoms with Crippen LogP contribution in [0.1, 0.15) is 25.3 Å². The molecular weight excluding hydrogens is 377 g/mol. The normalized spacial score (nSPS) is 20.9. The van der Waals surface area contributed by atoms with Crippen molar-refractivity contribution in [1.82, 2.24) is 0 Å². The molecule has 5 nitrogen and oxygen atoms in total. The van der Waals surface area contributed by atoms with Gasteiger partial charge < -0.3 is 14.2 Å². The summed E-state index contributed by atoms with van der Waals surface area (Å²) in [5, 5.41) is 0. The molecule has 1 fully saturated rings. The maximum absolute atomic E-state index is 14.0. The van der Waals surface area contributed by atoms with Gasteiger partial charge in [-0.15, -0.1) is 0 Å². The molecule has 1 aliphatic rings. The van der Waals surface area contributed by atoms with Gasteiger partial charge in [0.05, 0.1) is 0 Å². The molecule has 2 rings (SSSR count). The monoisotopic (exact) mass is 398 g/mol. The fraction of sp³-hybridized carbons (Fsp3) is 0.400. The Hall–Kier alpha value is -2.61. The summed E-state index contributed by atoms with van der Waals surface area (Å²) in [6.07, 6.45) is -0.607. The zero-order chi connectivity index (χ0) is 20.8. The average molecular weight is 398 g/mol. The van der Waals surface area contributed by atoms with E-state index in [1.807, 2.05) is 0 Å². The predicted octanol–water partition coefficient (Wildman–Crippen LogP) is 3.84. The lowest BCUT2D eigenvalue weighted by Crippen LogP contribution is -2.53. The molecule has 0 saturated carbocycles. The molecule has 8 heteroatoms. The zero-order valence-electron chi connectivity index (χ0n) is 15.4. The van der Waals surface area contributed by atoms with E-state index in [-0.39, 0.29) is 12.8 Å². The van der Waals surface area contributed by atoms with Crippen LogP contribution in [0.4, 0.5) is 13.2 Å². The second kappa shape index (κ2) is 9.05. The molecule has 1 aromatic rings. The number of halogens is 3. The number of carbonyl (C=O) groups excluding carboxylic acids is 2. The van der Waals surface area contributed by atoms with E-state index in [4.69, 9.17) is 14.2 Å². The van der Waals surface area contributed by atoms with Gasteiger partial charge in [-0.2, -0.15) is 13.2 Å². The summed E-state index contributed by atoms with van der Waals surface area (Å²) in [4.78, 5) is 24.2. The third-order valence-corrected chi connectivity index (χ3v) is 4.30. The van der Waals surface area contributed by atoms with Gasteiger partial charge in [-0.25, -0.2) is 4.79 Å². The molecule has 3 atom stereocenters. The van der Waals surface area contributed by atoms with Gasteiger partial charge in [0, 0.05) is 19.1 Å². The van der Waals surface area contributed by atoms with E-state index in [9.17, 15) is 22.8 Å². The second-order valence-corrected chi connectivity index (χ2v) is 6.10. The Labute approximate surface area is 160 Å². The van der Waals surface area contributed by atoms with Gasteiger partial charge in [0.15, 0.2) is 6.10 Å². The number of rotatable bonds is 7. The number of ether oxygens (including phenoxy) is 3. The SMILES string of the molecule is C/C=C/C=C\[C@H](OC(=O)[C@@](OC)(c1ccccc1)C(F)(F)F)[C@H]1CCC(=O)O1. The van der Waals surface area contributed by atoms with Crippen molar-refractivity contribution in [2.24, 2.45) is 0 Å². The molecule has 152 valence electrons. The maximum atomic E-state index is 14.0. The molecule has 0 amide bonds. The fourth-order valence-electron chi connectivity index (χ4n) is 2.90. The molecule has 0 unspecified atom stereocenters. The average Bonchev–Trinajstić information content (AvgIpc) is 3.08. The molecule has 0 aromatic heterocycles. The van der Waals surface area contributed by atoms with Crippen LogP contribution in [0.25, 0.3) is 0 Å². The maximum Gasteiger partial charge on any atom is 0.432 e. The smallest absolute Gasteiger partial charge is 0.432 e. The molecule has 0 N–H and O–H groups in total. The van der Waals surface area contributed by atoms with Crippen molar-refractivity contribution in [1.29, 1.82) is 0 Å². The van der Waals surface area contributed by atoms with Gasteiger partial charge >= 0.3 is 18.1 Å². The van der Waals surface area contributed by atoms with Gasteiger partial charge in [0.25, 0.3) is 5.60 Å². The molecule has 0 spiro atoms. The van der Waals surface area contributed by atoms with E-state index < -0.39 is 41.5 Å². The number of esters is 2. The first-order valence-electron chi connectivity index (χ1n) is 8.63. The highest BCUT2D eigenvalue weighted by molar-refractivity contribution is 5.83. The van der Waals surface area contributed by atoms with E-state index in [1.165, 1.54) is 30.4 Å². The quantitative estimate of drug-likeness (QED) is 0.516. The molecule has 1 aromatic carbocycles. The molecule has 0 aliphatic carbocycles. The second-order valence-electron chi connectivity index (χ2n) is 6.10. The van der Waals surface area contributed by atoms with Crippen molar-refractivity contribution in [3.8, 4) is 0 Å². The summed E-state index contributed by atoms with van der Waals surface area (Å²) in [5.74, 6) is -2.13. The summed E-state index contributed by atoms with van der Waals surface area (Å²) in [6, 6.07) is 6.53. The first-order chi connectivity index (χ1) is 13.3. The van der Waals surface area contributed by atoms with Crippen LogP contribution in [0.15, 0.2) is 54.6 Å². The van der Waals surface area contributed by atoms with Crippen LogP contribution in [0, 0.1) is 0 Å². The lowest BCUT2D eigenvalue weighted by atomic mass is 9.92. The number of benzene rings is 1. The highest BCUT2D eigenvalue weighted by Gasteiger charge is 2.64. The van der Waals surface area contributed by atoms with Crippen LogP contribution in [0.5, 0.6) is 0 Å². The van der Waals surface area contributed by atoms with Crippen LogP contribution >= 0.6 is 0 Å². The van der Waals surface area contributed by atoms with E-state index in [0.29, 0.717) is 0 Å². The predicted molar refractivity (Wildman–Crippen MR) is 94.1 cm³/mol. The van der Waals surface area contributed by atoms with E-state index in [2.05, 4.69) is 0 Å². The lowest BCUT2D eigenvalue weighted by Gasteiger charge is -2.34. The topological polar surface area (TPSA) is 61.8 Å². The van der Waals surface area contributed by atoms with Crippen LogP contribution in [-0.4, -0.2) is 37.4 Å². The molecule has 1 aliphatic heterocycles. The number of cyclic esters (lactones) is 1. The summed E-state index contributed by atoms with van der Waals surface area (Å²) < 4.78 is 56.9. The van der Waals surface area contributed by atoms with E-state index >= 15 is 0 Å². The van der Waals surface area contributed by atoms with Crippen molar-refractivity contribution < 1.29 is 37.0 Å². The highest BCUT2D eigenvalue weighted by atomic mass is 19.4. The van der Waals surface area contributed by atoms with Gasteiger partial charge in [-0.1, -0.05) is 48.6 Å². The van der Waals surface area contributed by atoms with Crippen LogP contribution < -0.4 is 0 Å².